The zero-order valence-corrected chi connectivity index (χ0v) is 15.9. The minimum absolute atomic E-state index is 0.161. The summed E-state index contributed by atoms with van der Waals surface area (Å²) in [7, 11) is 0. The molecule has 148 valence electrons. The van der Waals surface area contributed by atoms with Crippen LogP contribution in [-0.2, 0) is 0 Å². The summed E-state index contributed by atoms with van der Waals surface area (Å²) in [5, 5.41) is 2.95. The first-order valence-corrected chi connectivity index (χ1v) is 9.28. The van der Waals surface area contributed by atoms with E-state index in [1.165, 1.54) is 12.1 Å². The Balaban J connectivity index is 1.45. The maximum Gasteiger partial charge on any atom is 0.272 e. The van der Waals surface area contributed by atoms with Gasteiger partial charge in [0.25, 0.3) is 5.91 Å². The highest BCUT2D eigenvalue weighted by Crippen LogP contribution is 2.17. The number of rotatable bonds is 4. The second kappa shape index (κ2) is 8.17. The molecule has 29 heavy (non-hydrogen) atoms. The van der Waals surface area contributed by atoms with Crippen molar-refractivity contribution in [2.75, 3.05) is 36.4 Å². The van der Waals surface area contributed by atoms with Crippen LogP contribution in [0, 0.1) is 12.7 Å². The molecule has 1 fully saturated rings. The predicted molar refractivity (Wildman–Crippen MR) is 107 cm³/mol. The Labute approximate surface area is 167 Å². The van der Waals surface area contributed by atoms with Crippen molar-refractivity contribution in [2.24, 2.45) is 0 Å². The number of nitrogens with one attached hydrogen (secondary N) is 1. The average molecular weight is 393 g/mol. The first-order chi connectivity index (χ1) is 14.1. The van der Waals surface area contributed by atoms with E-state index in [0.717, 1.165) is 0 Å². The molecule has 0 aliphatic carbocycles. The molecule has 0 bridgehead atoms. The van der Waals surface area contributed by atoms with Crippen molar-refractivity contribution in [1.29, 1.82) is 0 Å². The molecule has 1 N–H and O–H groups in total. The number of hydrogen-bond acceptors (Lipinski definition) is 7. The van der Waals surface area contributed by atoms with Gasteiger partial charge in [0, 0.05) is 50.0 Å². The van der Waals surface area contributed by atoms with Gasteiger partial charge < -0.3 is 15.1 Å². The molecule has 3 heterocycles. The van der Waals surface area contributed by atoms with Crippen LogP contribution in [0.2, 0.25) is 0 Å². The fraction of sp³-hybridized carbons (Fsp3) is 0.250. The van der Waals surface area contributed by atoms with Crippen LogP contribution in [0.25, 0.3) is 0 Å². The Morgan fingerprint density at radius 2 is 1.79 bits per heavy atom. The number of benzene rings is 1. The molecule has 1 saturated heterocycles. The number of halogens is 1. The third kappa shape index (κ3) is 4.45. The highest BCUT2D eigenvalue weighted by atomic mass is 19.1. The van der Waals surface area contributed by atoms with Gasteiger partial charge in [0.05, 0.1) is 0 Å². The number of aromatic nitrogens is 4. The van der Waals surface area contributed by atoms with Crippen molar-refractivity contribution in [3.05, 3.63) is 66.0 Å². The van der Waals surface area contributed by atoms with Crippen LogP contribution in [0.1, 0.15) is 16.2 Å². The van der Waals surface area contributed by atoms with E-state index in [4.69, 9.17) is 0 Å². The topological polar surface area (TPSA) is 87.1 Å². The van der Waals surface area contributed by atoms with Crippen molar-refractivity contribution in [3.63, 3.8) is 0 Å². The van der Waals surface area contributed by atoms with Crippen molar-refractivity contribution in [1.82, 2.24) is 24.8 Å². The number of anilines is 3. The third-order valence-corrected chi connectivity index (χ3v) is 4.56. The number of nitrogens with zero attached hydrogens (tertiary/aromatic N) is 6. The number of hydrogen-bond donors (Lipinski definition) is 1. The number of piperazine rings is 1. The fourth-order valence-electron chi connectivity index (χ4n) is 3.16. The number of carbonyl (C=O) groups is 1. The normalized spacial score (nSPS) is 14.0. The lowest BCUT2D eigenvalue weighted by Gasteiger charge is -2.34. The standard InChI is InChI=1S/C20H20FN7O/c1-14-12-17(26-19(24-14)25-16-5-2-4-15(21)13-16)18(29)27-8-10-28(11-9-27)20-22-6-3-7-23-20/h2-7,12-13H,8-11H2,1H3,(H,24,25,26). The summed E-state index contributed by atoms with van der Waals surface area (Å²) in [5.74, 6) is 0.403. The maximum absolute atomic E-state index is 13.4. The van der Waals surface area contributed by atoms with Crippen LogP contribution in [0.5, 0.6) is 0 Å². The van der Waals surface area contributed by atoms with Gasteiger partial charge in [-0.15, -0.1) is 0 Å². The highest BCUT2D eigenvalue weighted by molar-refractivity contribution is 5.93. The second-order valence-electron chi connectivity index (χ2n) is 6.68. The second-order valence-corrected chi connectivity index (χ2v) is 6.68. The summed E-state index contributed by atoms with van der Waals surface area (Å²) in [6.07, 6.45) is 3.41. The van der Waals surface area contributed by atoms with Gasteiger partial charge in [0.1, 0.15) is 11.5 Å². The van der Waals surface area contributed by atoms with Gasteiger partial charge in [-0.3, -0.25) is 4.79 Å². The molecular formula is C20H20FN7O. The van der Waals surface area contributed by atoms with E-state index in [0.29, 0.717) is 49.2 Å². The van der Waals surface area contributed by atoms with Gasteiger partial charge in [0.15, 0.2) is 0 Å². The van der Waals surface area contributed by atoms with Crippen LogP contribution < -0.4 is 10.2 Å². The van der Waals surface area contributed by atoms with E-state index in [2.05, 4.69) is 25.3 Å². The summed E-state index contributed by atoms with van der Waals surface area (Å²) in [6.45, 7) is 4.18. The largest absolute Gasteiger partial charge is 0.337 e. The summed E-state index contributed by atoms with van der Waals surface area (Å²) in [5.41, 5.74) is 1.48. The first-order valence-electron chi connectivity index (χ1n) is 9.28. The molecule has 0 spiro atoms. The molecule has 8 nitrogen and oxygen atoms in total. The van der Waals surface area contributed by atoms with E-state index in [-0.39, 0.29) is 17.7 Å². The number of carbonyl (C=O) groups excluding carboxylic acids is 1. The zero-order valence-electron chi connectivity index (χ0n) is 15.9. The summed E-state index contributed by atoms with van der Waals surface area (Å²) in [4.78, 5) is 33.9. The quantitative estimate of drug-likeness (QED) is 0.728. The lowest BCUT2D eigenvalue weighted by molar-refractivity contribution is 0.0740. The highest BCUT2D eigenvalue weighted by Gasteiger charge is 2.24. The van der Waals surface area contributed by atoms with Crippen molar-refractivity contribution >= 4 is 23.5 Å². The van der Waals surface area contributed by atoms with Gasteiger partial charge >= 0.3 is 0 Å². The Hall–Kier alpha value is -3.62. The molecule has 1 aliphatic heterocycles. The zero-order chi connectivity index (χ0) is 20.2. The third-order valence-electron chi connectivity index (χ3n) is 4.56. The van der Waals surface area contributed by atoms with E-state index >= 15 is 0 Å². The average Bonchev–Trinajstić information content (AvgIpc) is 2.73. The Morgan fingerprint density at radius 3 is 2.52 bits per heavy atom. The predicted octanol–water partition coefficient (Wildman–Crippen LogP) is 2.42. The van der Waals surface area contributed by atoms with Gasteiger partial charge in [-0.1, -0.05) is 6.07 Å². The lowest BCUT2D eigenvalue weighted by atomic mass is 10.2. The Morgan fingerprint density at radius 1 is 1.03 bits per heavy atom. The molecule has 1 aliphatic rings. The van der Waals surface area contributed by atoms with E-state index < -0.39 is 0 Å². The maximum atomic E-state index is 13.4. The monoisotopic (exact) mass is 393 g/mol. The molecule has 3 aromatic rings. The van der Waals surface area contributed by atoms with Crippen LogP contribution in [0.4, 0.5) is 22.0 Å². The Bertz CT molecular complexity index is 1010. The molecule has 9 heteroatoms. The minimum Gasteiger partial charge on any atom is -0.337 e. The SMILES string of the molecule is Cc1cc(C(=O)N2CCN(c3ncccn3)CC2)nc(Nc2cccc(F)c2)n1. The summed E-state index contributed by atoms with van der Waals surface area (Å²) < 4.78 is 13.4. The molecule has 0 unspecified atom stereocenters. The molecular weight excluding hydrogens is 373 g/mol. The Kier molecular flexibility index (Phi) is 5.28. The molecule has 0 radical (unpaired) electrons. The number of aryl methyl sites for hydroxylation is 1. The van der Waals surface area contributed by atoms with Crippen LogP contribution in [0.15, 0.2) is 48.8 Å². The molecule has 1 aromatic carbocycles. The van der Waals surface area contributed by atoms with Crippen LogP contribution >= 0.6 is 0 Å². The lowest BCUT2D eigenvalue weighted by Crippen LogP contribution is -2.49. The fourth-order valence-corrected chi connectivity index (χ4v) is 3.16. The summed E-state index contributed by atoms with van der Waals surface area (Å²) >= 11 is 0. The first kappa shape index (κ1) is 18.7. The molecule has 4 rings (SSSR count). The summed E-state index contributed by atoms with van der Waals surface area (Å²) in [6, 6.07) is 9.44. The van der Waals surface area contributed by atoms with E-state index in [1.807, 2.05) is 4.90 Å². The van der Waals surface area contributed by atoms with E-state index in [1.54, 1.807) is 48.5 Å². The molecule has 0 atom stereocenters. The van der Waals surface area contributed by atoms with Crippen molar-refractivity contribution < 1.29 is 9.18 Å². The molecule has 2 aromatic heterocycles. The van der Waals surface area contributed by atoms with Crippen LogP contribution in [-0.4, -0.2) is 56.9 Å². The van der Waals surface area contributed by atoms with E-state index in [9.17, 15) is 9.18 Å². The van der Waals surface area contributed by atoms with Crippen LogP contribution in [0.3, 0.4) is 0 Å². The minimum atomic E-state index is -0.362. The molecule has 1 amide bonds. The smallest absolute Gasteiger partial charge is 0.272 e. The van der Waals surface area contributed by atoms with Gasteiger partial charge in [-0.2, -0.15) is 0 Å². The molecule has 0 saturated carbocycles. The van der Waals surface area contributed by atoms with Gasteiger partial charge in [0.2, 0.25) is 11.9 Å². The van der Waals surface area contributed by atoms with Gasteiger partial charge in [-0.05, 0) is 37.3 Å². The number of amides is 1. The van der Waals surface area contributed by atoms with Gasteiger partial charge in [-0.25, -0.2) is 24.3 Å². The van der Waals surface area contributed by atoms with Crippen molar-refractivity contribution in [3.8, 4) is 0 Å². The van der Waals surface area contributed by atoms with Crippen molar-refractivity contribution in [2.45, 2.75) is 6.92 Å².